The molecule has 0 aromatic rings. The molecule has 1 unspecified atom stereocenters. The van der Waals surface area contributed by atoms with Crippen molar-refractivity contribution in [2.75, 3.05) is 33.7 Å². The number of nitrogens with one attached hydrogen (secondary N) is 2. The van der Waals surface area contributed by atoms with Gasteiger partial charge in [0.15, 0.2) is 5.96 Å². The van der Waals surface area contributed by atoms with Gasteiger partial charge in [-0.3, -0.25) is 4.99 Å². The van der Waals surface area contributed by atoms with E-state index in [0.717, 1.165) is 19.0 Å². The van der Waals surface area contributed by atoms with Crippen LogP contribution in [-0.2, 0) is 0 Å². The molecular formula is C13H26N4. The van der Waals surface area contributed by atoms with Gasteiger partial charge in [0, 0.05) is 24.5 Å². The first-order valence-electron chi connectivity index (χ1n) is 6.79. The van der Waals surface area contributed by atoms with Crippen molar-refractivity contribution >= 4 is 5.96 Å². The molecule has 0 spiro atoms. The van der Waals surface area contributed by atoms with Crippen LogP contribution < -0.4 is 10.6 Å². The Morgan fingerprint density at radius 1 is 1.41 bits per heavy atom. The topological polar surface area (TPSA) is 39.7 Å². The normalized spacial score (nSPS) is 27.1. The Bertz CT molecular complexity index is 279. The SMILES string of the molecule is CC1CN=C(NCC2(CN(C)C)CCCC2)N1. The van der Waals surface area contributed by atoms with E-state index in [1.165, 1.54) is 32.2 Å². The second-order valence-electron chi connectivity index (χ2n) is 6.03. The molecule has 0 saturated heterocycles. The molecule has 1 heterocycles. The molecule has 1 aliphatic carbocycles. The second-order valence-corrected chi connectivity index (χ2v) is 6.03. The molecule has 1 saturated carbocycles. The van der Waals surface area contributed by atoms with Gasteiger partial charge in [0.2, 0.25) is 0 Å². The van der Waals surface area contributed by atoms with Gasteiger partial charge in [-0.15, -0.1) is 0 Å². The Morgan fingerprint density at radius 3 is 2.65 bits per heavy atom. The molecule has 2 N–H and O–H groups in total. The summed E-state index contributed by atoms with van der Waals surface area (Å²) in [5.41, 5.74) is 0.458. The van der Waals surface area contributed by atoms with Crippen molar-refractivity contribution in [3.8, 4) is 0 Å². The zero-order valence-electron chi connectivity index (χ0n) is 11.4. The Kier molecular flexibility index (Phi) is 3.92. The average Bonchev–Trinajstić information content (AvgIpc) is 2.85. The molecule has 0 bridgehead atoms. The van der Waals surface area contributed by atoms with Gasteiger partial charge in [0.05, 0.1) is 6.54 Å². The van der Waals surface area contributed by atoms with E-state index in [-0.39, 0.29) is 0 Å². The van der Waals surface area contributed by atoms with Crippen LogP contribution in [0.3, 0.4) is 0 Å². The predicted octanol–water partition coefficient (Wildman–Crippen LogP) is 1.05. The first kappa shape index (κ1) is 12.7. The lowest BCUT2D eigenvalue weighted by molar-refractivity contribution is 0.202. The van der Waals surface area contributed by atoms with E-state index < -0.39 is 0 Å². The molecule has 0 amide bonds. The van der Waals surface area contributed by atoms with Gasteiger partial charge in [-0.05, 0) is 33.9 Å². The van der Waals surface area contributed by atoms with Gasteiger partial charge >= 0.3 is 0 Å². The summed E-state index contributed by atoms with van der Waals surface area (Å²) in [7, 11) is 4.35. The summed E-state index contributed by atoms with van der Waals surface area (Å²) in [6.45, 7) is 5.32. The molecule has 0 aromatic carbocycles. The zero-order valence-corrected chi connectivity index (χ0v) is 11.4. The van der Waals surface area contributed by atoms with E-state index in [1.807, 2.05) is 0 Å². The molecule has 0 radical (unpaired) electrons. The van der Waals surface area contributed by atoms with Crippen molar-refractivity contribution in [1.29, 1.82) is 0 Å². The van der Waals surface area contributed by atoms with Crippen LogP contribution in [0.1, 0.15) is 32.6 Å². The highest BCUT2D eigenvalue weighted by Crippen LogP contribution is 2.37. The Labute approximate surface area is 105 Å². The molecule has 2 aliphatic rings. The molecule has 4 heteroatoms. The highest BCUT2D eigenvalue weighted by molar-refractivity contribution is 5.81. The van der Waals surface area contributed by atoms with Gasteiger partial charge in [0.1, 0.15) is 0 Å². The Balaban J connectivity index is 1.85. The summed E-state index contributed by atoms with van der Waals surface area (Å²) >= 11 is 0. The molecule has 1 aliphatic heterocycles. The third-order valence-electron chi connectivity index (χ3n) is 3.85. The molecule has 1 atom stereocenters. The lowest BCUT2D eigenvalue weighted by atomic mass is 9.85. The van der Waals surface area contributed by atoms with Crippen molar-refractivity contribution in [2.45, 2.75) is 38.6 Å². The fourth-order valence-electron chi connectivity index (χ4n) is 3.12. The van der Waals surface area contributed by atoms with E-state index >= 15 is 0 Å². The third-order valence-corrected chi connectivity index (χ3v) is 3.85. The van der Waals surface area contributed by atoms with E-state index in [1.54, 1.807) is 0 Å². The predicted molar refractivity (Wildman–Crippen MR) is 72.4 cm³/mol. The first-order chi connectivity index (χ1) is 8.10. The van der Waals surface area contributed by atoms with Crippen molar-refractivity contribution in [2.24, 2.45) is 10.4 Å². The van der Waals surface area contributed by atoms with Crippen molar-refractivity contribution in [3.63, 3.8) is 0 Å². The summed E-state index contributed by atoms with van der Waals surface area (Å²) < 4.78 is 0. The van der Waals surface area contributed by atoms with Crippen LogP contribution in [-0.4, -0.2) is 50.6 Å². The zero-order chi connectivity index (χ0) is 12.3. The van der Waals surface area contributed by atoms with Crippen LogP contribution in [0.5, 0.6) is 0 Å². The maximum Gasteiger partial charge on any atom is 0.191 e. The van der Waals surface area contributed by atoms with Crippen LogP contribution in [0, 0.1) is 5.41 Å². The summed E-state index contributed by atoms with van der Waals surface area (Å²) in [4.78, 5) is 6.79. The number of hydrogen-bond acceptors (Lipinski definition) is 4. The summed E-state index contributed by atoms with van der Waals surface area (Å²) in [5.74, 6) is 1.00. The molecule has 0 aromatic heterocycles. The summed E-state index contributed by atoms with van der Waals surface area (Å²) in [6.07, 6.45) is 5.46. The summed E-state index contributed by atoms with van der Waals surface area (Å²) in [6, 6.07) is 0.492. The second kappa shape index (κ2) is 5.25. The van der Waals surface area contributed by atoms with E-state index in [4.69, 9.17) is 0 Å². The number of hydrogen-bond donors (Lipinski definition) is 2. The van der Waals surface area contributed by atoms with Crippen LogP contribution in [0.15, 0.2) is 4.99 Å². The highest BCUT2D eigenvalue weighted by atomic mass is 15.2. The lowest BCUT2D eigenvalue weighted by Crippen LogP contribution is -2.46. The minimum Gasteiger partial charge on any atom is -0.356 e. The third kappa shape index (κ3) is 3.35. The number of nitrogens with zero attached hydrogens (tertiary/aromatic N) is 2. The first-order valence-corrected chi connectivity index (χ1v) is 6.79. The standard InChI is InChI=1S/C13H26N4/c1-11-8-14-12(16-11)15-9-13(10-17(2)3)6-4-5-7-13/h11H,4-10H2,1-3H3,(H2,14,15,16). The summed E-state index contributed by atoms with van der Waals surface area (Å²) in [5, 5.41) is 6.89. The highest BCUT2D eigenvalue weighted by Gasteiger charge is 2.34. The molecule has 98 valence electrons. The largest absolute Gasteiger partial charge is 0.356 e. The van der Waals surface area contributed by atoms with Crippen LogP contribution in [0.25, 0.3) is 0 Å². The van der Waals surface area contributed by atoms with Crippen LogP contribution in [0.4, 0.5) is 0 Å². The molecular weight excluding hydrogens is 212 g/mol. The van der Waals surface area contributed by atoms with Gasteiger partial charge < -0.3 is 15.5 Å². The maximum atomic E-state index is 4.47. The molecule has 1 fully saturated rings. The smallest absolute Gasteiger partial charge is 0.191 e. The van der Waals surface area contributed by atoms with Gasteiger partial charge in [-0.2, -0.15) is 0 Å². The van der Waals surface area contributed by atoms with Crippen molar-refractivity contribution in [1.82, 2.24) is 15.5 Å². The van der Waals surface area contributed by atoms with Crippen molar-refractivity contribution in [3.05, 3.63) is 0 Å². The van der Waals surface area contributed by atoms with Gasteiger partial charge in [0.25, 0.3) is 0 Å². The molecule has 17 heavy (non-hydrogen) atoms. The Morgan fingerprint density at radius 2 is 2.12 bits per heavy atom. The molecule has 4 nitrogen and oxygen atoms in total. The minimum atomic E-state index is 0.458. The van der Waals surface area contributed by atoms with Crippen molar-refractivity contribution < 1.29 is 0 Å². The minimum absolute atomic E-state index is 0.458. The number of aliphatic imine (C=N–C) groups is 1. The van der Waals surface area contributed by atoms with E-state index in [0.29, 0.717) is 11.5 Å². The molecule has 2 rings (SSSR count). The Hall–Kier alpha value is -0.770. The van der Waals surface area contributed by atoms with Crippen LogP contribution in [0.2, 0.25) is 0 Å². The lowest BCUT2D eigenvalue weighted by Gasteiger charge is -2.32. The maximum absolute atomic E-state index is 4.47. The van der Waals surface area contributed by atoms with Gasteiger partial charge in [-0.1, -0.05) is 12.8 Å². The number of rotatable bonds is 4. The number of guanidine groups is 1. The quantitative estimate of drug-likeness (QED) is 0.769. The van der Waals surface area contributed by atoms with E-state index in [9.17, 15) is 0 Å². The van der Waals surface area contributed by atoms with E-state index in [2.05, 4.69) is 41.5 Å². The fourth-order valence-corrected chi connectivity index (χ4v) is 3.12. The van der Waals surface area contributed by atoms with Crippen LogP contribution >= 0.6 is 0 Å². The van der Waals surface area contributed by atoms with Gasteiger partial charge in [-0.25, -0.2) is 0 Å². The average molecular weight is 238 g/mol. The monoisotopic (exact) mass is 238 g/mol. The fraction of sp³-hybridized carbons (Fsp3) is 0.923.